The van der Waals surface area contributed by atoms with E-state index in [4.69, 9.17) is 4.65 Å². The van der Waals surface area contributed by atoms with E-state index in [2.05, 4.69) is 45.0 Å². The first-order chi connectivity index (χ1) is 8.77. The highest BCUT2D eigenvalue weighted by Crippen LogP contribution is 2.15. The number of aryl methyl sites for hydroxylation is 1. The molecule has 0 fully saturated rings. The molecule has 2 heteroatoms. The number of benzene rings is 1. The van der Waals surface area contributed by atoms with Gasteiger partial charge >= 0.3 is 0 Å². The molecule has 1 rings (SSSR count). The van der Waals surface area contributed by atoms with E-state index in [-0.39, 0.29) is 0 Å². The van der Waals surface area contributed by atoms with Crippen molar-refractivity contribution in [1.82, 2.24) is 0 Å². The van der Waals surface area contributed by atoms with Gasteiger partial charge in [0.15, 0.2) is 0 Å². The van der Waals surface area contributed by atoms with Gasteiger partial charge in [0.05, 0.1) is 6.61 Å². The third-order valence-electron chi connectivity index (χ3n) is 3.50. The fourth-order valence-corrected chi connectivity index (χ4v) is 2.15. The van der Waals surface area contributed by atoms with Crippen LogP contribution in [0.3, 0.4) is 0 Å². The molecule has 0 atom stereocenters. The Labute approximate surface area is 113 Å². The van der Waals surface area contributed by atoms with E-state index in [1.54, 1.807) is 0 Å². The van der Waals surface area contributed by atoms with Crippen molar-refractivity contribution in [2.24, 2.45) is 0 Å². The topological polar surface area (TPSA) is 9.23 Å². The summed E-state index contributed by atoms with van der Waals surface area (Å²) >= 11 is 0. The SMILES string of the molecule is CCCCB(CCCC)OCc1ccccc1C. The predicted octanol–water partition coefficient (Wildman–Crippen LogP) is 5.10. The summed E-state index contributed by atoms with van der Waals surface area (Å²) in [4.78, 5) is 0. The Morgan fingerprint density at radius 2 is 1.61 bits per heavy atom. The Morgan fingerprint density at radius 1 is 1.00 bits per heavy atom. The molecule has 1 aromatic rings. The molecule has 0 spiro atoms. The van der Waals surface area contributed by atoms with E-state index in [1.807, 2.05) is 0 Å². The lowest BCUT2D eigenvalue weighted by Gasteiger charge is -2.15. The van der Waals surface area contributed by atoms with Crippen molar-refractivity contribution < 1.29 is 4.65 Å². The first-order valence-electron chi connectivity index (χ1n) is 7.44. The molecule has 100 valence electrons. The summed E-state index contributed by atoms with van der Waals surface area (Å²) in [5.74, 6) is 0. The first kappa shape index (κ1) is 15.3. The molecule has 0 aliphatic rings. The number of unbranched alkanes of at least 4 members (excludes halogenated alkanes) is 2. The van der Waals surface area contributed by atoms with E-state index in [0.29, 0.717) is 6.92 Å². The lowest BCUT2D eigenvalue weighted by Crippen LogP contribution is -2.17. The normalized spacial score (nSPS) is 10.6. The highest BCUT2D eigenvalue weighted by molar-refractivity contribution is 6.51. The van der Waals surface area contributed by atoms with Gasteiger partial charge in [0, 0.05) is 0 Å². The second kappa shape index (κ2) is 9.21. The molecule has 0 bridgehead atoms. The summed E-state index contributed by atoms with van der Waals surface area (Å²) in [7, 11) is 0. The molecule has 1 aromatic carbocycles. The van der Waals surface area contributed by atoms with E-state index in [0.717, 1.165) is 6.61 Å². The minimum atomic E-state index is 0.449. The molecule has 0 saturated heterocycles. The second-order valence-corrected chi connectivity index (χ2v) is 5.14. The smallest absolute Gasteiger partial charge is 0.293 e. The number of hydrogen-bond donors (Lipinski definition) is 0. The van der Waals surface area contributed by atoms with Crippen LogP contribution in [0, 0.1) is 6.92 Å². The largest absolute Gasteiger partial charge is 0.432 e. The summed E-state index contributed by atoms with van der Waals surface area (Å²) in [6, 6.07) is 8.51. The molecule has 18 heavy (non-hydrogen) atoms. The van der Waals surface area contributed by atoms with Crippen LogP contribution in [0.25, 0.3) is 0 Å². The summed E-state index contributed by atoms with van der Waals surface area (Å²) < 4.78 is 6.11. The Morgan fingerprint density at radius 3 is 2.17 bits per heavy atom. The van der Waals surface area contributed by atoms with Gasteiger partial charge in [-0.2, -0.15) is 0 Å². The maximum Gasteiger partial charge on any atom is 0.293 e. The zero-order chi connectivity index (χ0) is 13.2. The monoisotopic (exact) mass is 246 g/mol. The summed E-state index contributed by atoms with van der Waals surface area (Å²) in [5, 5.41) is 0. The van der Waals surface area contributed by atoms with Crippen LogP contribution in [0.5, 0.6) is 0 Å². The molecule has 0 amide bonds. The second-order valence-electron chi connectivity index (χ2n) is 5.14. The molecular formula is C16H27BO. The van der Waals surface area contributed by atoms with Crippen molar-refractivity contribution in [2.75, 3.05) is 0 Å². The maximum atomic E-state index is 6.11. The van der Waals surface area contributed by atoms with Crippen molar-refractivity contribution in [3.63, 3.8) is 0 Å². The first-order valence-corrected chi connectivity index (χ1v) is 7.44. The third-order valence-corrected chi connectivity index (χ3v) is 3.50. The standard InChI is InChI=1S/C16H27BO/c1-4-6-12-17(13-7-5-2)18-14-16-11-9-8-10-15(16)3/h8-11H,4-7,12-14H2,1-3H3. The minimum Gasteiger partial charge on any atom is -0.432 e. The van der Waals surface area contributed by atoms with E-state index in [9.17, 15) is 0 Å². The molecule has 0 saturated carbocycles. The number of hydrogen-bond acceptors (Lipinski definition) is 1. The molecule has 0 aliphatic heterocycles. The van der Waals surface area contributed by atoms with Gasteiger partial charge in [-0.05, 0) is 30.7 Å². The van der Waals surface area contributed by atoms with Gasteiger partial charge in [-0.15, -0.1) is 0 Å². The van der Waals surface area contributed by atoms with Crippen LogP contribution in [0.2, 0.25) is 12.6 Å². The third kappa shape index (κ3) is 5.73. The molecule has 0 aromatic heterocycles. The summed E-state index contributed by atoms with van der Waals surface area (Å²) in [6.45, 7) is 7.87. The highest BCUT2D eigenvalue weighted by Gasteiger charge is 2.14. The lowest BCUT2D eigenvalue weighted by atomic mass is 9.59. The van der Waals surface area contributed by atoms with Gasteiger partial charge in [0.2, 0.25) is 0 Å². The molecule has 0 N–H and O–H groups in total. The molecular weight excluding hydrogens is 219 g/mol. The van der Waals surface area contributed by atoms with Crippen molar-refractivity contribution >= 4 is 6.92 Å². The summed E-state index contributed by atoms with van der Waals surface area (Å²) in [6.07, 6.45) is 7.50. The van der Waals surface area contributed by atoms with E-state index >= 15 is 0 Å². The van der Waals surface area contributed by atoms with E-state index < -0.39 is 0 Å². The van der Waals surface area contributed by atoms with Gasteiger partial charge in [-0.25, -0.2) is 0 Å². The van der Waals surface area contributed by atoms with Crippen LogP contribution >= 0.6 is 0 Å². The Bertz CT molecular complexity index is 317. The average molecular weight is 246 g/mol. The van der Waals surface area contributed by atoms with Crippen molar-refractivity contribution in [3.8, 4) is 0 Å². The van der Waals surface area contributed by atoms with E-state index in [1.165, 1.54) is 49.5 Å². The van der Waals surface area contributed by atoms with Crippen LogP contribution < -0.4 is 0 Å². The van der Waals surface area contributed by atoms with Gasteiger partial charge in [-0.1, -0.05) is 63.8 Å². The molecule has 0 unspecified atom stereocenters. The van der Waals surface area contributed by atoms with Gasteiger partial charge in [-0.3, -0.25) is 0 Å². The quantitative estimate of drug-likeness (QED) is 0.550. The zero-order valence-corrected chi connectivity index (χ0v) is 12.2. The van der Waals surface area contributed by atoms with Crippen molar-refractivity contribution in [1.29, 1.82) is 0 Å². The number of rotatable bonds is 9. The van der Waals surface area contributed by atoms with Gasteiger partial charge < -0.3 is 4.65 Å². The highest BCUT2D eigenvalue weighted by atomic mass is 16.4. The molecule has 0 heterocycles. The minimum absolute atomic E-state index is 0.449. The molecule has 1 nitrogen and oxygen atoms in total. The van der Waals surface area contributed by atoms with Crippen LogP contribution in [-0.4, -0.2) is 6.92 Å². The predicted molar refractivity (Wildman–Crippen MR) is 81.2 cm³/mol. The fourth-order valence-electron chi connectivity index (χ4n) is 2.15. The van der Waals surface area contributed by atoms with Crippen molar-refractivity contribution in [2.45, 2.75) is 65.7 Å². The molecule has 0 radical (unpaired) electrons. The maximum absolute atomic E-state index is 6.11. The Hall–Kier alpha value is -0.755. The molecule has 0 aliphatic carbocycles. The lowest BCUT2D eigenvalue weighted by molar-refractivity contribution is 0.303. The Balaban J connectivity index is 2.42. The summed E-state index contributed by atoms with van der Waals surface area (Å²) in [5.41, 5.74) is 2.66. The van der Waals surface area contributed by atoms with Crippen LogP contribution in [0.4, 0.5) is 0 Å². The van der Waals surface area contributed by atoms with Gasteiger partial charge in [0.1, 0.15) is 0 Å². The van der Waals surface area contributed by atoms with Gasteiger partial charge in [0.25, 0.3) is 6.92 Å². The van der Waals surface area contributed by atoms with Crippen molar-refractivity contribution in [3.05, 3.63) is 35.4 Å². The Kier molecular flexibility index (Phi) is 7.83. The average Bonchev–Trinajstić information content (AvgIpc) is 2.39. The van der Waals surface area contributed by atoms with Crippen LogP contribution in [-0.2, 0) is 11.3 Å². The zero-order valence-electron chi connectivity index (χ0n) is 12.2. The van der Waals surface area contributed by atoms with Crippen LogP contribution in [0.15, 0.2) is 24.3 Å². The van der Waals surface area contributed by atoms with Crippen LogP contribution in [0.1, 0.15) is 50.7 Å². The fraction of sp³-hybridized carbons (Fsp3) is 0.625.